The summed E-state index contributed by atoms with van der Waals surface area (Å²) in [7, 11) is 1.64. The quantitative estimate of drug-likeness (QED) is 0.363. The lowest BCUT2D eigenvalue weighted by Crippen LogP contribution is -2.43. The van der Waals surface area contributed by atoms with Gasteiger partial charge in [-0.1, -0.05) is 36.4 Å². The Morgan fingerprint density at radius 2 is 1.85 bits per heavy atom. The second-order valence-electron chi connectivity index (χ2n) is 11.3. The van der Waals surface area contributed by atoms with Crippen molar-refractivity contribution in [2.75, 3.05) is 25.9 Å². The van der Waals surface area contributed by atoms with Gasteiger partial charge in [-0.05, 0) is 51.3 Å². The number of carbonyl (C=O) groups is 2. The first-order valence-electron chi connectivity index (χ1n) is 13.6. The van der Waals surface area contributed by atoms with Crippen LogP contribution in [0, 0.1) is 5.82 Å². The van der Waals surface area contributed by atoms with Gasteiger partial charge in [0.25, 0.3) is 5.91 Å². The van der Waals surface area contributed by atoms with E-state index < -0.39 is 17.3 Å². The maximum Gasteiger partial charge on any atom is 0.410 e. The predicted octanol–water partition coefficient (Wildman–Crippen LogP) is 5.06. The molecule has 3 heterocycles. The van der Waals surface area contributed by atoms with E-state index in [9.17, 15) is 14.0 Å². The summed E-state index contributed by atoms with van der Waals surface area (Å²) in [5.41, 5.74) is 8.68. The smallest absolute Gasteiger partial charge is 0.410 e. The van der Waals surface area contributed by atoms with Crippen LogP contribution in [0.1, 0.15) is 55.6 Å². The van der Waals surface area contributed by atoms with Crippen LogP contribution in [-0.2, 0) is 11.3 Å². The maximum absolute atomic E-state index is 14.1. The Morgan fingerprint density at radius 1 is 1.12 bits per heavy atom. The van der Waals surface area contributed by atoms with Crippen molar-refractivity contribution < 1.29 is 18.7 Å². The second-order valence-corrected chi connectivity index (χ2v) is 11.3. The third-order valence-corrected chi connectivity index (χ3v) is 7.01. The molecule has 1 aliphatic rings. The number of likely N-dealkylation sites (tertiary alicyclic amines) is 1. The van der Waals surface area contributed by atoms with E-state index in [1.54, 1.807) is 24.1 Å². The van der Waals surface area contributed by atoms with Crippen molar-refractivity contribution >= 4 is 28.9 Å². The molecule has 1 aliphatic heterocycles. The third kappa shape index (κ3) is 5.98. The van der Waals surface area contributed by atoms with Crippen molar-refractivity contribution in [3.63, 3.8) is 0 Å². The maximum atomic E-state index is 14.1. The zero-order valence-corrected chi connectivity index (χ0v) is 23.7. The van der Waals surface area contributed by atoms with Crippen LogP contribution in [0.25, 0.3) is 22.3 Å². The zero-order chi connectivity index (χ0) is 29.3. The number of benzene rings is 2. The van der Waals surface area contributed by atoms with Gasteiger partial charge in [0.15, 0.2) is 5.65 Å². The minimum atomic E-state index is -0.580. The summed E-state index contributed by atoms with van der Waals surface area (Å²) < 4.78 is 21.5. The number of hydrogen-bond acceptors (Lipinski definition) is 7. The Hall–Kier alpha value is -4.54. The summed E-state index contributed by atoms with van der Waals surface area (Å²) in [5, 5.41) is 5.57. The molecule has 0 aliphatic carbocycles. The Morgan fingerprint density at radius 3 is 2.56 bits per heavy atom. The second kappa shape index (κ2) is 11.1. The van der Waals surface area contributed by atoms with Crippen molar-refractivity contribution in [2.24, 2.45) is 0 Å². The lowest BCUT2D eigenvalue weighted by molar-refractivity contribution is 0.0169. The van der Waals surface area contributed by atoms with Crippen molar-refractivity contribution in [2.45, 2.75) is 51.8 Å². The molecule has 41 heavy (non-hydrogen) atoms. The molecular formula is C30H34FN7O3. The molecule has 2 aromatic heterocycles. The normalized spacial score (nSPS) is 15.6. The van der Waals surface area contributed by atoms with Crippen LogP contribution < -0.4 is 5.73 Å². The number of nitrogens with two attached hydrogens (primary N) is 1. The van der Waals surface area contributed by atoms with E-state index in [0.717, 1.165) is 24.0 Å². The van der Waals surface area contributed by atoms with E-state index in [1.807, 2.05) is 49.7 Å². The zero-order valence-electron chi connectivity index (χ0n) is 23.7. The van der Waals surface area contributed by atoms with Gasteiger partial charge in [-0.3, -0.25) is 4.79 Å². The van der Waals surface area contributed by atoms with Crippen LogP contribution in [0.5, 0.6) is 0 Å². The molecule has 1 atom stereocenters. The van der Waals surface area contributed by atoms with Gasteiger partial charge < -0.3 is 20.3 Å². The molecule has 11 heteroatoms. The highest BCUT2D eigenvalue weighted by Crippen LogP contribution is 2.34. The SMILES string of the molecule is CN(Cc1ccc(-c2nn([C@@H]3CCCN(C(=O)OC(C)(C)C)C3)c3ncnc(N)c23)cc1)C(=O)c1ccccc1F. The summed E-state index contributed by atoms with van der Waals surface area (Å²) in [6.45, 7) is 6.91. The van der Waals surface area contributed by atoms with Gasteiger partial charge in [-0.25, -0.2) is 23.8 Å². The molecule has 2 aromatic carbocycles. The van der Waals surface area contributed by atoms with Crippen molar-refractivity contribution in [3.05, 3.63) is 71.8 Å². The molecule has 0 saturated carbocycles. The highest BCUT2D eigenvalue weighted by Gasteiger charge is 2.31. The highest BCUT2D eigenvalue weighted by molar-refractivity contribution is 5.98. The number of anilines is 1. The number of rotatable bonds is 5. The monoisotopic (exact) mass is 559 g/mol. The van der Waals surface area contributed by atoms with Gasteiger partial charge in [0.1, 0.15) is 29.3 Å². The minimum absolute atomic E-state index is 0.0343. The standard InChI is InChI=1S/C30H34FN7O3/c1-30(2,3)41-29(40)37-15-7-8-21(17-37)38-27-24(26(32)33-18-34-27)25(35-38)20-13-11-19(12-14-20)16-36(4)28(39)22-9-5-6-10-23(22)31/h5-6,9-14,18,21H,7-8,15-17H2,1-4H3,(H2,32,33,34)/t21-/m1/s1. The van der Waals surface area contributed by atoms with Crippen molar-refractivity contribution in [1.29, 1.82) is 0 Å². The number of halogens is 1. The molecule has 2 amide bonds. The van der Waals surface area contributed by atoms with Crippen LogP contribution in [0.15, 0.2) is 54.9 Å². The van der Waals surface area contributed by atoms with Gasteiger partial charge in [0.05, 0.1) is 17.0 Å². The molecule has 1 saturated heterocycles. The molecule has 0 spiro atoms. The van der Waals surface area contributed by atoms with Gasteiger partial charge in [-0.2, -0.15) is 5.10 Å². The number of nitrogens with zero attached hydrogens (tertiary/aromatic N) is 6. The van der Waals surface area contributed by atoms with Crippen LogP contribution in [-0.4, -0.2) is 67.3 Å². The number of nitrogen functional groups attached to an aromatic ring is 1. The van der Waals surface area contributed by atoms with E-state index in [-0.39, 0.29) is 17.7 Å². The molecule has 1 fully saturated rings. The van der Waals surface area contributed by atoms with Crippen LogP contribution in [0.4, 0.5) is 15.0 Å². The molecule has 0 unspecified atom stereocenters. The number of piperidine rings is 1. The van der Waals surface area contributed by atoms with Gasteiger partial charge in [0.2, 0.25) is 0 Å². The number of carbonyl (C=O) groups excluding carboxylic acids is 2. The van der Waals surface area contributed by atoms with Gasteiger partial charge in [0, 0.05) is 32.2 Å². The number of aromatic nitrogens is 4. The van der Waals surface area contributed by atoms with Crippen LogP contribution in [0.2, 0.25) is 0 Å². The van der Waals surface area contributed by atoms with Crippen molar-refractivity contribution in [3.8, 4) is 11.3 Å². The summed E-state index contributed by atoms with van der Waals surface area (Å²) in [4.78, 5) is 37.4. The average molecular weight is 560 g/mol. The first-order chi connectivity index (χ1) is 19.5. The number of ether oxygens (including phenoxy) is 1. The average Bonchev–Trinajstić information content (AvgIpc) is 3.33. The fourth-order valence-corrected chi connectivity index (χ4v) is 5.05. The molecule has 214 valence electrons. The Labute approximate surface area is 237 Å². The fraction of sp³-hybridized carbons (Fsp3) is 0.367. The summed E-state index contributed by atoms with van der Waals surface area (Å²) in [6, 6.07) is 13.4. The molecular weight excluding hydrogens is 525 g/mol. The first kappa shape index (κ1) is 28.0. The lowest BCUT2D eigenvalue weighted by Gasteiger charge is -2.34. The van der Waals surface area contributed by atoms with Gasteiger partial charge in [-0.15, -0.1) is 0 Å². The number of fused-ring (bicyclic) bond motifs is 1. The van der Waals surface area contributed by atoms with Crippen molar-refractivity contribution in [1.82, 2.24) is 29.5 Å². The van der Waals surface area contributed by atoms with E-state index in [1.165, 1.54) is 23.4 Å². The topological polar surface area (TPSA) is 119 Å². The molecule has 2 N–H and O–H groups in total. The molecule has 10 nitrogen and oxygen atoms in total. The third-order valence-electron chi connectivity index (χ3n) is 7.01. The Kier molecular flexibility index (Phi) is 7.61. The minimum Gasteiger partial charge on any atom is -0.444 e. The van der Waals surface area contributed by atoms with E-state index >= 15 is 0 Å². The number of hydrogen-bond donors (Lipinski definition) is 1. The molecule has 4 aromatic rings. The van der Waals surface area contributed by atoms with Gasteiger partial charge >= 0.3 is 6.09 Å². The van der Waals surface area contributed by atoms with Crippen LogP contribution >= 0.6 is 0 Å². The van der Waals surface area contributed by atoms with E-state index in [4.69, 9.17) is 15.6 Å². The highest BCUT2D eigenvalue weighted by atomic mass is 19.1. The molecule has 0 bridgehead atoms. The molecule has 0 radical (unpaired) electrons. The largest absolute Gasteiger partial charge is 0.444 e. The van der Waals surface area contributed by atoms with E-state index in [0.29, 0.717) is 42.2 Å². The molecule has 5 rings (SSSR count). The van der Waals surface area contributed by atoms with E-state index in [2.05, 4.69) is 9.97 Å². The summed E-state index contributed by atoms with van der Waals surface area (Å²) >= 11 is 0. The summed E-state index contributed by atoms with van der Waals surface area (Å²) in [6.07, 6.45) is 2.69. The lowest BCUT2D eigenvalue weighted by atomic mass is 10.1. The summed E-state index contributed by atoms with van der Waals surface area (Å²) in [5.74, 6) is -0.626. The Bertz CT molecular complexity index is 1580. The predicted molar refractivity (Wildman–Crippen MR) is 153 cm³/mol. The fourth-order valence-electron chi connectivity index (χ4n) is 5.05. The Balaban J connectivity index is 1.39. The number of amides is 2. The van der Waals surface area contributed by atoms with Crippen LogP contribution in [0.3, 0.4) is 0 Å². The first-order valence-corrected chi connectivity index (χ1v) is 13.6.